The molecule has 0 spiro atoms. The Balaban J connectivity index is 2.56. The van der Waals surface area contributed by atoms with Gasteiger partial charge in [-0.2, -0.15) is 12.7 Å². The van der Waals surface area contributed by atoms with E-state index in [1.807, 2.05) is 64.1 Å². The molecule has 0 bridgehead atoms. The smallest absolute Gasteiger partial charge is 0.304 e. The first-order valence-electron chi connectivity index (χ1n) is 11.3. The van der Waals surface area contributed by atoms with Crippen LogP contribution in [0.25, 0.3) is 0 Å². The van der Waals surface area contributed by atoms with Gasteiger partial charge in [-0.05, 0) is 55.5 Å². The van der Waals surface area contributed by atoms with Gasteiger partial charge in [0, 0.05) is 27.7 Å². The molecule has 186 valence electrons. The lowest BCUT2D eigenvalue weighted by Crippen LogP contribution is -2.53. The fourth-order valence-electron chi connectivity index (χ4n) is 3.75. The standard InChI is InChI=1S/C25H36N4O4S/c1-8-22(25(31)26-5)28(16-21-12-10-9-11-19(21)3)24(30)17-29(34(32,33)27(6)7)23-15-18(2)13-14-20(23)4/h9-15,22H,8,16-17H2,1-7H3,(H,26,31)/t22-/m0/s1. The van der Waals surface area contributed by atoms with Gasteiger partial charge in [0.1, 0.15) is 12.6 Å². The fourth-order valence-corrected chi connectivity index (χ4v) is 4.86. The molecule has 0 aliphatic rings. The average molecular weight is 489 g/mol. The van der Waals surface area contributed by atoms with Gasteiger partial charge >= 0.3 is 10.2 Å². The molecule has 0 aliphatic carbocycles. The third-order valence-corrected chi connectivity index (χ3v) is 7.69. The first-order chi connectivity index (χ1) is 15.9. The van der Waals surface area contributed by atoms with Crippen LogP contribution in [0, 0.1) is 20.8 Å². The molecule has 2 rings (SSSR count). The predicted molar refractivity (Wildman–Crippen MR) is 136 cm³/mol. The summed E-state index contributed by atoms with van der Waals surface area (Å²) in [5.41, 5.74) is 3.92. The van der Waals surface area contributed by atoms with E-state index in [1.54, 1.807) is 6.07 Å². The molecule has 0 fully saturated rings. The van der Waals surface area contributed by atoms with Crippen LogP contribution in [0.3, 0.4) is 0 Å². The number of rotatable bonds is 10. The Bertz CT molecular complexity index is 1130. The number of hydrogen-bond donors (Lipinski definition) is 1. The van der Waals surface area contributed by atoms with Crippen molar-refractivity contribution in [1.29, 1.82) is 0 Å². The van der Waals surface area contributed by atoms with Gasteiger partial charge < -0.3 is 10.2 Å². The molecule has 0 saturated heterocycles. The van der Waals surface area contributed by atoms with E-state index in [4.69, 9.17) is 0 Å². The molecule has 2 amide bonds. The van der Waals surface area contributed by atoms with Crippen molar-refractivity contribution in [2.24, 2.45) is 0 Å². The van der Waals surface area contributed by atoms with Crippen molar-refractivity contribution in [3.05, 3.63) is 64.7 Å². The van der Waals surface area contributed by atoms with Crippen molar-refractivity contribution in [3.8, 4) is 0 Å². The molecule has 9 heteroatoms. The molecular weight excluding hydrogens is 452 g/mol. The molecule has 2 aromatic rings. The van der Waals surface area contributed by atoms with Crippen LogP contribution in [-0.4, -0.2) is 63.2 Å². The second kappa shape index (κ2) is 11.5. The van der Waals surface area contributed by atoms with Crippen molar-refractivity contribution in [3.63, 3.8) is 0 Å². The number of benzene rings is 2. The molecule has 0 aliphatic heterocycles. The molecule has 1 N–H and O–H groups in total. The molecule has 0 heterocycles. The van der Waals surface area contributed by atoms with Crippen LogP contribution in [0.15, 0.2) is 42.5 Å². The minimum atomic E-state index is -3.98. The van der Waals surface area contributed by atoms with E-state index >= 15 is 0 Å². The summed E-state index contributed by atoms with van der Waals surface area (Å²) in [5, 5.41) is 2.63. The van der Waals surface area contributed by atoms with Gasteiger partial charge in [-0.3, -0.25) is 9.59 Å². The van der Waals surface area contributed by atoms with Crippen molar-refractivity contribution >= 4 is 27.7 Å². The highest BCUT2D eigenvalue weighted by molar-refractivity contribution is 7.90. The molecule has 2 aromatic carbocycles. The van der Waals surface area contributed by atoms with E-state index < -0.39 is 28.7 Å². The Morgan fingerprint density at radius 1 is 1.00 bits per heavy atom. The third kappa shape index (κ3) is 6.15. The first kappa shape index (κ1) is 27.3. The average Bonchev–Trinajstić information content (AvgIpc) is 2.79. The highest BCUT2D eigenvalue weighted by Crippen LogP contribution is 2.26. The topological polar surface area (TPSA) is 90.0 Å². The Labute approximate surface area is 203 Å². The Hall–Kier alpha value is -2.91. The minimum Gasteiger partial charge on any atom is -0.357 e. The first-order valence-corrected chi connectivity index (χ1v) is 12.7. The van der Waals surface area contributed by atoms with Gasteiger partial charge in [-0.1, -0.05) is 43.3 Å². The second-order valence-electron chi connectivity index (χ2n) is 8.57. The van der Waals surface area contributed by atoms with Crippen LogP contribution < -0.4 is 9.62 Å². The van der Waals surface area contributed by atoms with Crippen LogP contribution >= 0.6 is 0 Å². The zero-order chi connectivity index (χ0) is 25.6. The number of hydrogen-bond acceptors (Lipinski definition) is 4. The van der Waals surface area contributed by atoms with Crippen molar-refractivity contribution < 1.29 is 18.0 Å². The number of carbonyl (C=O) groups is 2. The summed E-state index contributed by atoms with van der Waals surface area (Å²) in [6.45, 7) is 7.22. The van der Waals surface area contributed by atoms with Crippen molar-refractivity contribution in [1.82, 2.24) is 14.5 Å². The van der Waals surface area contributed by atoms with Crippen molar-refractivity contribution in [2.45, 2.75) is 46.7 Å². The molecule has 0 aromatic heterocycles. The number of aryl methyl sites for hydroxylation is 3. The summed E-state index contributed by atoms with van der Waals surface area (Å²) in [7, 11) is 0.413. The van der Waals surface area contributed by atoms with Crippen LogP contribution in [0.1, 0.15) is 35.6 Å². The monoisotopic (exact) mass is 488 g/mol. The number of anilines is 1. The molecule has 0 saturated carbocycles. The molecular formula is C25H36N4O4S. The van der Waals surface area contributed by atoms with E-state index in [0.29, 0.717) is 12.1 Å². The molecule has 0 unspecified atom stereocenters. The SMILES string of the molecule is CC[C@@H](C(=O)NC)N(Cc1ccccc1C)C(=O)CN(c1cc(C)ccc1C)S(=O)(=O)N(C)C. The normalized spacial score (nSPS) is 12.4. The zero-order valence-corrected chi connectivity index (χ0v) is 21.9. The number of carbonyl (C=O) groups excluding carboxylic acids is 2. The highest BCUT2D eigenvalue weighted by Gasteiger charge is 2.34. The lowest BCUT2D eigenvalue weighted by atomic mass is 10.1. The Morgan fingerprint density at radius 3 is 2.21 bits per heavy atom. The lowest BCUT2D eigenvalue weighted by molar-refractivity contribution is -0.140. The molecule has 0 radical (unpaired) electrons. The van der Waals surface area contributed by atoms with E-state index in [9.17, 15) is 18.0 Å². The van der Waals surface area contributed by atoms with Gasteiger partial charge in [-0.15, -0.1) is 0 Å². The van der Waals surface area contributed by atoms with Gasteiger partial charge in [0.15, 0.2) is 0 Å². The number of amides is 2. The quantitative estimate of drug-likeness (QED) is 0.557. The molecule has 8 nitrogen and oxygen atoms in total. The van der Waals surface area contributed by atoms with Crippen molar-refractivity contribution in [2.75, 3.05) is 32.0 Å². The van der Waals surface area contributed by atoms with Crippen LogP contribution in [0.4, 0.5) is 5.69 Å². The largest absolute Gasteiger partial charge is 0.357 e. The maximum atomic E-state index is 13.8. The third-order valence-electron chi connectivity index (χ3n) is 5.89. The summed E-state index contributed by atoms with van der Waals surface area (Å²) in [6, 6.07) is 12.4. The van der Waals surface area contributed by atoms with Crippen LogP contribution in [-0.2, 0) is 26.3 Å². The van der Waals surface area contributed by atoms with Gasteiger partial charge in [0.2, 0.25) is 11.8 Å². The second-order valence-corrected chi connectivity index (χ2v) is 10.6. The van der Waals surface area contributed by atoms with Gasteiger partial charge in [-0.25, -0.2) is 4.31 Å². The Kier molecular flexibility index (Phi) is 9.23. The Morgan fingerprint density at radius 2 is 1.65 bits per heavy atom. The van der Waals surface area contributed by atoms with E-state index in [-0.39, 0.29) is 12.5 Å². The van der Waals surface area contributed by atoms with E-state index in [2.05, 4.69) is 5.32 Å². The fraction of sp³-hybridized carbons (Fsp3) is 0.440. The summed E-state index contributed by atoms with van der Waals surface area (Å²) in [5.74, 6) is -0.747. The number of likely N-dealkylation sites (N-methyl/N-ethyl adjacent to an activating group) is 1. The van der Waals surface area contributed by atoms with E-state index in [1.165, 1.54) is 26.0 Å². The lowest BCUT2D eigenvalue weighted by Gasteiger charge is -2.34. The van der Waals surface area contributed by atoms with Crippen LogP contribution in [0.2, 0.25) is 0 Å². The predicted octanol–water partition coefficient (Wildman–Crippen LogP) is 2.78. The maximum absolute atomic E-state index is 13.8. The summed E-state index contributed by atoms with van der Waals surface area (Å²) in [4.78, 5) is 27.9. The summed E-state index contributed by atoms with van der Waals surface area (Å²) < 4.78 is 28.8. The van der Waals surface area contributed by atoms with Gasteiger partial charge in [0.25, 0.3) is 0 Å². The summed E-state index contributed by atoms with van der Waals surface area (Å²) in [6.07, 6.45) is 0.390. The maximum Gasteiger partial charge on any atom is 0.304 e. The number of nitrogens with zero attached hydrogens (tertiary/aromatic N) is 3. The number of nitrogens with one attached hydrogen (secondary N) is 1. The summed E-state index contributed by atoms with van der Waals surface area (Å²) >= 11 is 0. The van der Waals surface area contributed by atoms with Gasteiger partial charge in [0.05, 0.1) is 5.69 Å². The highest BCUT2D eigenvalue weighted by atomic mass is 32.2. The minimum absolute atomic E-state index is 0.195. The zero-order valence-electron chi connectivity index (χ0n) is 21.1. The molecule has 34 heavy (non-hydrogen) atoms. The van der Waals surface area contributed by atoms with Crippen LogP contribution in [0.5, 0.6) is 0 Å². The molecule has 1 atom stereocenters. The van der Waals surface area contributed by atoms with E-state index in [0.717, 1.165) is 30.9 Å².